The molecule has 0 spiro atoms. The van der Waals surface area contributed by atoms with Crippen molar-refractivity contribution in [1.29, 1.82) is 0 Å². The molecule has 0 saturated heterocycles. The number of aromatic hydroxyl groups is 1. The minimum absolute atomic E-state index is 0.000365. The highest BCUT2D eigenvalue weighted by Gasteiger charge is 2.08. The van der Waals surface area contributed by atoms with Gasteiger partial charge in [-0.1, -0.05) is 12.1 Å². The number of nitrogens with zero attached hydrogens (tertiary/aromatic N) is 1. The van der Waals surface area contributed by atoms with E-state index in [4.69, 9.17) is 0 Å². The second-order valence-corrected chi connectivity index (χ2v) is 3.16. The molecule has 2 N–H and O–H groups in total. The molecule has 0 atom stereocenters. The summed E-state index contributed by atoms with van der Waals surface area (Å²) in [6.45, 7) is 3.72. The van der Waals surface area contributed by atoms with E-state index in [0.29, 0.717) is 5.56 Å². The van der Waals surface area contributed by atoms with Crippen molar-refractivity contribution in [3.8, 4) is 5.75 Å². The number of hydroxylamine groups is 1. The lowest BCUT2D eigenvalue weighted by Crippen LogP contribution is -2.17. The lowest BCUT2D eigenvalue weighted by molar-refractivity contribution is -0.791. The molecule has 0 heterocycles. The number of benzene rings is 1. The maximum atomic E-state index is 9.37. The average Bonchev–Trinajstić information content (AvgIpc) is 2.08. The maximum absolute atomic E-state index is 9.37. The van der Waals surface area contributed by atoms with Crippen LogP contribution in [0, 0.1) is 0 Å². The van der Waals surface area contributed by atoms with Gasteiger partial charge in [0.15, 0.2) is 6.04 Å². The fourth-order valence-corrected chi connectivity index (χ4v) is 0.888. The molecular weight excluding hydrogens is 166 g/mol. The Kier molecular flexibility index (Phi) is 2.90. The lowest BCUT2D eigenvalue weighted by Gasteiger charge is -1.97. The van der Waals surface area contributed by atoms with E-state index in [9.17, 15) is 10.3 Å². The van der Waals surface area contributed by atoms with E-state index in [0.717, 1.165) is 4.74 Å². The van der Waals surface area contributed by atoms with E-state index in [1.165, 1.54) is 6.21 Å². The zero-order valence-corrected chi connectivity index (χ0v) is 7.81. The van der Waals surface area contributed by atoms with Gasteiger partial charge in [-0.05, 0) is 16.9 Å². The average molecular weight is 180 g/mol. The Morgan fingerprint density at radius 1 is 1.31 bits per heavy atom. The first-order chi connectivity index (χ1) is 6.11. The summed E-state index contributed by atoms with van der Waals surface area (Å²) >= 11 is 0. The molecule has 13 heavy (non-hydrogen) atoms. The predicted molar refractivity (Wildman–Crippen MR) is 50.5 cm³/mol. The summed E-state index contributed by atoms with van der Waals surface area (Å²) < 4.78 is 1.06. The molecule has 70 valence electrons. The molecule has 3 nitrogen and oxygen atoms in total. The number of rotatable bonds is 2. The molecule has 0 saturated carbocycles. The van der Waals surface area contributed by atoms with E-state index in [2.05, 4.69) is 0 Å². The van der Waals surface area contributed by atoms with Crippen LogP contribution in [0.2, 0.25) is 0 Å². The normalized spacial score (nSPS) is 12.1. The summed E-state index contributed by atoms with van der Waals surface area (Å²) in [5.74, 6) is 0.169. The molecule has 0 aliphatic heterocycles. The van der Waals surface area contributed by atoms with Crippen LogP contribution in [-0.4, -0.2) is 27.3 Å². The Morgan fingerprint density at radius 3 is 2.46 bits per heavy atom. The summed E-state index contributed by atoms with van der Waals surface area (Å²) in [7, 11) is 0. The van der Waals surface area contributed by atoms with Gasteiger partial charge in [-0.3, -0.25) is 5.21 Å². The second kappa shape index (κ2) is 3.94. The van der Waals surface area contributed by atoms with E-state index >= 15 is 0 Å². The van der Waals surface area contributed by atoms with Crippen LogP contribution in [0.4, 0.5) is 0 Å². The van der Waals surface area contributed by atoms with Gasteiger partial charge in [0.1, 0.15) is 5.75 Å². The Balaban J connectivity index is 2.97. The van der Waals surface area contributed by atoms with Crippen molar-refractivity contribution in [3.63, 3.8) is 0 Å². The van der Waals surface area contributed by atoms with Crippen LogP contribution in [0.15, 0.2) is 24.3 Å². The van der Waals surface area contributed by atoms with Gasteiger partial charge in [0.2, 0.25) is 6.21 Å². The van der Waals surface area contributed by atoms with Crippen molar-refractivity contribution < 1.29 is 15.1 Å². The Hall–Kier alpha value is -1.51. The van der Waals surface area contributed by atoms with E-state index in [-0.39, 0.29) is 11.8 Å². The number of para-hydroxylation sites is 1. The molecule has 1 rings (SSSR count). The summed E-state index contributed by atoms with van der Waals surface area (Å²) in [6, 6.07) is 6.87. The third-order valence-corrected chi connectivity index (χ3v) is 1.74. The van der Waals surface area contributed by atoms with E-state index in [1.807, 2.05) is 13.8 Å². The monoisotopic (exact) mass is 180 g/mol. The zero-order chi connectivity index (χ0) is 9.84. The van der Waals surface area contributed by atoms with Crippen LogP contribution in [0.5, 0.6) is 5.75 Å². The van der Waals surface area contributed by atoms with Crippen LogP contribution >= 0.6 is 0 Å². The summed E-state index contributed by atoms with van der Waals surface area (Å²) in [5, 5.41) is 18.7. The number of hydrogen-bond donors (Lipinski definition) is 2. The fourth-order valence-electron chi connectivity index (χ4n) is 0.888. The standard InChI is InChI=1S/C10H13NO2/c1-8(2)11(13)7-9-5-3-4-6-10(9)12/h3-8,13H,1-2H3/p+1. The summed E-state index contributed by atoms with van der Waals surface area (Å²) in [5.41, 5.74) is 0.610. The van der Waals surface area contributed by atoms with Gasteiger partial charge in [-0.25, -0.2) is 0 Å². The lowest BCUT2D eigenvalue weighted by atomic mass is 10.2. The molecule has 0 fully saturated rings. The third kappa shape index (κ3) is 2.47. The van der Waals surface area contributed by atoms with Crippen LogP contribution in [-0.2, 0) is 0 Å². The van der Waals surface area contributed by atoms with Crippen molar-refractivity contribution in [3.05, 3.63) is 29.8 Å². The molecule has 0 unspecified atom stereocenters. The van der Waals surface area contributed by atoms with Gasteiger partial charge < -0.3 is 5.11 Å². The second-order valence-electron chi connectivity index (χ2n) is 3.16. The summed E-state index contributed by atoms with van der Waals surface area (Å²) in [4.78, 5) is 0. The quantitative estimate of drug-likeness (QED) is 0.314. The van der Waals surface area contributed by atoms with Crippen LogP contribution in [0.25, 0.3) is 0 Å². The smallest absolute Gasteiger partial charge is 0.226 e. The molecule has 0 bridgehead atoms. The maximum Gasteiger partial charge on any atom is 0.226 e. The van der Waals surface area contributed by atoms with Crippen molar-refractivity contribution >= 4 is 6.21 Å². The highest BCUT2D eigenvalue weighted by molar-refractivity contribution is 5.79. The SMILES string of the molecule is CC(C)[N+](O)=Cc1ccccc1O. The zero-order valence-electron chi connectivity index (χ0n) is 7.81. The van der Waals surface area contributed by atoms with Gasteiger partial charge in [-0.2, -0.15) is 0 Å². The molecule has 0 radical (unpaired) electrons. The summed E-state index contributed by atoms with van der Waals surface area (Å²) in [6.07, 6.45) is 1.50. The first-order valence-electron chi connectivity index (χ1n) is 4.21. The van der Waals surface area contributed by atoms with E-state index < -0.39 is 0 Å². The third-order valence-electron chi connectivity index (χ3n) is 1.74. The number of phenolic OH excluding ortho intramolecular Hbond substituents is 1. The molecule has 1 aromatic rings. The van der Waals surface area contributed by atoms with Crippen LogP contribution in [0.3, 0.4) is 0 Å². The highest BCUT2D eigenvalue weighted by Crippen LogP contribution is 2.12. The fraction of sp³-hybridized carbons (Fsp3) is 0.300. The van der Waals surface area contributed by atoms with Crippen LogP contribution < -0.4 is 0 Å². The van der Waals surface area contributed by atoms with Gasteiger partial charge in [0.05, 0.1) is 5.56 Å². The van der Waals surface area contributed by atoms with Crippen molar-refractivity contribution in [2.24, 2.45) is 0 Å². The molecule has 0 aliphatic rings. The van der Waals surface area contributed by atoms with E-state index in [1.54, 1.807) is 24.3 Å². The molecule has 1 aromatic carbocycles. The van der Waals surface area contributed by atoms with Gasteiger partial charge >= 0.3 is 0 Å². The first kappa shape index (κ1) is 9.58. The Labute approximate surface area is 77.5 Å². The minimum Gasteiger partial charge on any atom is -0.507 e. The molecular formula is C10H14NO2+. The molecule has 0 aliphatic carbocycles. The van der Waals surface area contributed by atoms with Crippen molar-refractivity contribution in [2.75, 3.05) is 0 Å². The van der Waals surface area contributed by atoms with Crippen molar-refractivity contribution in [2.45, 2.75) is 19.9 Å². The number of hydrogen-bond acceptors (Lipinski definition) is 2. The van der Waals surface area contributed by atoms with Gasteiger partial charge in [-0.15, -0.1) is 0 Å². The van der Waals surface area contributed by atoms with Gasteiger partial charge in [0, 0.05) is 13.8 Å². The molecule has 0 aromatic heterocycles. The predicted octanol–water partition coefficient (Wildman–Crippen LogP) is 1.62. The highest BCUT2D eigenvalue weighted by atomic mass is 16.5. The minimum atomic E-state index is -0.000365. The topological polar surface area (TPSA) is 43.5 Å². The van der Waals surface area contributed by atoms with Crippen LogP contribution in [0.1, 0.15) is 19.4 Å². The first-order valence-corrected chi connectivity index (χ1v) is 4.21. The molecule has 0 amide bonds. The van der Waals surface area contributed by atoms with Crippen molar-refractivity contribution in [1.82, 2.24) is 0 Å². The van der Waals surface area contributed by atoms with Gasteiger partial charge in [0.25, 0.3) is 0 Å². The largest absolute Gasteiger partial charge is 0.507 e. The number of phenols is 1. The molecule has 3 heteroatoms. The Morgan fingerprint density at radius 2 is 1.92 bits per heavy atom. The Bertz CT molecular complexity index is 318.